The lowest BCUT2D eigenvalue weighted by atomic mass is 10.1. The lowest BCUT2D eigenvalue weighted by Gasteiger charge is -2.16. The van der Waals surface area contributed by atoms with Crippen LogP contribution in [0.15, 0.2) is 23.2 Å². The standard InChI is InChI=1S/C15H22N2O2/c1-4-10-19-13-7-6-12(11-14(13)18-5-2)15-16-8-9-17(15)3/h6-7,11H,4-5,8-10H2,1-3H3. The summed E-state index contributed by atoms with van der Waals surface area (Å²) >= 11 is 0. The maximum absolute atomic E-state index is 5.70. The Morgan fingerprint density at radius 2 is 2.05 bits per heavy atom. The predicted octanol–water partition coefficient (Wildman–Crippen LogP) is 2.57. The second-order valence-corrected chi connectivity index (χ2v) is 4.57. The first-order chi connectivity index (χ1) is 9.26. The molecule has 2 rings (SSSR count). The molecule has 1 aliphatic rings. The van der Waals surface area contributed by atoms with E-state index in [0.29, 0.717) is 13.2 Å². The smallest absolute Gasteiger partial charge is 0.161 e. The number of amidine groups is 1. The summed E-state index contributed by atoms with van der Waals surface area (Å²) in [4.78, 5) is 6.69. The Balaban J connectivity index is 2.25. The SMILES string of the molecule is CCCOc1ccc(C2=NCCN2C)cc1OCC. The number of likely N-dealkylation sites (N-methyl/N-ethyl adjacent to an activating group) is 1. The van der Waals surface area contributed by atoms with Crippen LogP contribution in [-0.4, -0.2) is 44.1 Å². The molecule has 0 radical (unpaired) electrons. The third-order valence-electron chi connectivity index (χ3n) is 3.02. The van der Waals surface area contributed by atoms with Crippen molar-refractivity contribution in [2.75, 3.05) is 33.4 Å². The summed E-state index contributed by atoms with van der Waals surface area (Å²) in [5, 5.41) is 0. The van der Waals surface area contributed by atoms with E-state index in [0.717, 1.165) is 42.4 Å². The molecule has 1 aromatic rings. The normalized spacial score (nSPS) is 14.5. The molecule has 0 amide bonds. The van der Waals surface area contributed by atoms with Crippen LogP contribution < -0.4 is 9.47 Å². The van der Waals surface area contributed by atoms with Gasteiger partial charge in [0.2, 0.25) is 0 Å². The minimum Gasteiger partial charge on any atom is -0.490 e. The van der Waals surface area contributed by atoms with Gasteiger partial charge in [-0.2, -0.15) is 0 Å². The van der Waals surface area contributed by atoms with E-state index in [4.69, 9.17) is 9.47 Å². The minimum atomic E-state index is 0.633. The Labute approximate surface area is 115 Å². The van der Waals surface area contributed by atoms with Gasteiger partial charge in [0.1, 0.15) is 5.84 Å². The molecule has 0 saturated carbocycles. The fourth-order valence-corrected chi connectivity index (χ4v) is 2.09. The highest BCUT2D eigenvalue weighted by Gasteiger charge is 2.16. The number of nitrogens with zero attached hydrogens (tertiary/aromatic N) is 2. The van der Waals surface area contributed by atoms with E-state index in [1.165, 1.54) is 0 Å². The van der Waals surface area contributed by atoms with Gasteiger partial charge in [-0.15, -0.1) is 0 Å². The number of hydrogen-bond acceptors (Lipinski definition) is 4. The van der Waals surface area contributed by atoms with Gasteiger partial charge in [-0.1, -0.05) is 6.92 Å². The van der Waals surface area contributed by atoms with E-state index >= 15 is 0 Å². The molecule has 0 saturated heterocycles. The Morgan fingerprint density at radius 3 is 2.68 bits per heavy atom. The topological polar surface area (TPSA) is 34.1 Å². The van der Waals surface area contributed by atoms with Crippen LogP contribution in [0.1, 0.15) is 25.8 Å². The van der Waals surface area contributed by atoms with Gasteiger partial charge in [-0.05, 0) is 31.5 Å². The molecule has 0 bridgehead atoms. The van der Waals surface area contributed by atoms with Crippen LogP contribution in [-0.2, 0) is 0 Å². The van der Waals surface area contributed by atoms with Gasteiger partial charge in [0.05, 0.1) is 19.8 Å². The Hall–Kier alpha value is -1.71. The van der Waals surface area contributed by atoms with E-state index in [2.05, 4.69) is 23.9 Å². The van der Waals surface area contributed by atoms with Gasteiger partial charge in [-0.3, -0.25) is 4.99 Å². The van der Waals surface area contributed by atoms with Gasteiger partial charge in [0.15, 0.2) is 11.5 Å². The van der Waals surface area contributed by atoms with Crippen molar-refractivity contribution in [3.8, 4) is 11.5 Å². The number of ether oxygens (including phenoxy) is 2. The van der Waals surface area contributed by atoms with Crippen LogP contribution in [0.2, 0.25) is 0 Å². The molecule has 0 aromatic heterocycles. The molecule has 0 aliphatic carbocycles. The highest BCUT2D eigenvalue weighted by Crippen LogP contribution is 2.29. The molecule has 4 nitrogen and oxygen atoms in total. The highest BCUT2D eigenvalue weighted by molar-refractivity contribution is 6.00. The van der Waals surface area contributed by atoms with Crippen LogP contribution in [0.5, 0.6) is 11.5 Å². The van der Waals surface area contributed by atoms with Crippen molar-refractivity contribution in [2.24, 2.45) is 4.99 Å². The van der Waals surface area contributed by atoms with Gasteiger partial charge in [0.25, 0.3) is 0 Å². The quantitative estimate of drug-likeness (QED) is 0.790. The van der Waals surface area contributed by atoms with Crippen molar-refractivity contribution < 1.29 is 9.47 Å². The Morgan fingerprint density at radius 1 is 1.21 bits per heavy atom. The Bertz CT molecular complexity index is 457. The first-order valence-corrected chi connectivity index (χ1v) is 6.91. The third-order valence-corrected chi connectivity index (χ3v) is 3.02. The lowest BCUT2D eigenvalue weighted by molar-refractivity contribution is 0.277. The molecule has 0 N–H and O–H groups in total. The zero-order valence-electron chi connectivity index (χ0n) is 12.0. The van der Waals surface area contributed by atoms with Gasteiger partial charge in [-0.25, -0.2) is 0 Å². The maximum atomic E-state index is 5.70. The van der Waals surface area contributed by atoms with E-state index in [-0.39, 0.29) is 0 Å². The second kappa shape index (κ2) is 6.45. The van der Waals surface area contributed by atoms with E-state index in [1.54, 1.807) is 0 Å². The number of aliphatic imine (C=N–C) groups is 1. The van der Waals surface area contributed by atoms with Crippen LogP contribution in [0, 0.1) is 0 Å². The first-order valence-electron chi connectivity index (χ1n) is 6.91. The zero-order valence-corrected chi connectivity index (χ0v) is 12.0. The molecular weight excluding hydrogens is 240 g/mol. The zero-order chi connectivity index (χ0) is 13.7. The van der Waals surface area contributed by atoms with Gasteiger partial charge >= 0.3 is 0 Å². The predicted molar refractivity (Wildman–Crippen MR) is 77.4 cm³/mol. The minimum absolute atomic E-state index is 0.633. The van der Waals surface area contributed by atoms with Crippen molar-refractivity contribution in [3.63, 3.8) is 0 Å². The van der Waals surface area contributed by atoms with Crippen LogP contribution in [0.3, 0.4) is 0 Å². The maximum Gasteiger partial charge on any atom is 0.161 e. The molecule has 1 aromatic carbocycles. The summed E-state index contributed by atoms with van der Waals surface area (Å²) in [6.45, 7) is 7.26. The fraction of sp³-hybridized carbons (Fsp3) is 0.533. The van der Waals surface area contributed by atoms with Crippen molar-refractivity contribution in [3.05, 3.63) is 23.8 Å². The molecule has 19 heavy (non-hydrogen) atoms. The molecule has 0 fully saturated rings. The highest BCUT2D eigenvalue weighted by atomic mass is 16.5. The van der Waals surface area contributed by atoms with E-state index < -0.39 is 0 Å². The summed E-state index contributed by atoms with van der Waals surface area (Å²) in [6, 6.07) is 6.05. The van der Waals surface area contributed by atoms with Gasteiger partial charge in [0, 0.05) is 19.2 Å². The van der Waals surface area contributed by atoms with Crippen molar-refractivity contribution in [1.82, 2.24) is 4.90 Å². The largest absolute Gasteiger partial charge is 0.490 e. The Kier molecular flexibility index (Phi) is 4.66. The molecule has 0 unspecified atom stereocenters. The average Bonchev–Trinajstić information content (AvgIpc) is 2.84. The molecule has 1 heterocycles. The first kappa shape index (κ1) is 13.7. The van der Waals surface area contributed by atoms with Crippen LogP contribution in [0.4, 0.5) is 0 Å². The van der Waals surface area contributed by atoms with Crippen LogP contribution >= 0.6 is 0 Å². The molecule has 0 atom stereocenters. The van der Waals surface area contributed by atoms with Crippen molar-refractivity contribution >= 4 is 5.84 Å². The van der Waals surface area contributed by atoms with E-state index in [1.807, 2.05) is 25.1 Å². The fourth-order valence-electron chi connectivity index (χ4n) is 2.09. The monoisotopic (exact) mass is 262 g/mol. The molecule has 104 valence electrons. The number of benzene rings is 1. The summed E-state index contributed by atoms with van der Waals surface area (Å²) in [5.74, 6) is 2.65. The average molecular weight is 262 g/mol. The van der Waals surface area contributed by atoms with Crippen LogP contribution in [0.25, 0.3) is 0 Å². The number of hydrogen-bond donors (Lipinski definition) is 0. The van der Waals surface area contributed by atoms with Crippen molar-refractivity contribution in [1.29, 1.82) is 0 Å². The molecule has 0 spiro atoms. The second-order valence-electron chi connectivity index (χ2n) is 4.57. The lowest BCUT2D eigenvalue weighted by Crippen LogP contribution is -2.23. The van der Waals surface area contributed by atoms with Gasteiger partial charge < -0.3 is 14.4 Å². The molecule has 1 aliphatic heterocycles. The third kappa shape index (κ3) is 3.19. The molecule has 4 heteroatoms. The number of rotatable bonds is 6. The van der Waals surface area contributed by atoms with E-state index in [9.17, 15) is 0 Å². The summed E-state index contributed by atoms with van der Waals surface area (Å²) in [7, 11) is 2.06. The summed E-state index contributed by atoms with van der Waals surface area (Å²) in [6.07, 6.45) is 0.989. The molecular formula is C15H22N2O2. The van der Waals surface area contributed by atoms with Crippen molar-refractivity contribution in [2.45, 2.75) is 20.3 Å². The summed E-state index contributed by atoms with van der Waals surface area (Å²) < 4.78 is 11.4. The summed E-state index contributed by atoms with van der Waals surface area (Å²) in [5.41, 5.74) is 1.09.